The molecule has 0 aliphatic heterocycles. The molecule has 1 heterocycles. The number of aliphatic carboxylic acids is 1. The molecule has 1 N–H and O–H groups in total. The Kier molecular flexibility index (Phi) is 4.98. The average Bonchev–Trinajstić information content (AvgIpc) is 2.88. The molecule has 2 aromatic rings. The summed E-state index contributed by atoms with van der Waals surface area (Å²) in [4.78, 5) is 15.7. The predicted molar refractivity (Wildman–Crippen MR) is 79.4 cm³/mol. The Balaban J connectivity index is 2.02. The van der Waals surface area contributed by atoms with E-state index < -0.39 is 11.9 Å². The fourth-order valence-electron chi connectivity index (χ4n) is 2.34. The van der Waals surface area contributed by atoms with E-state index in [1.807, 2.05) is 42.1 Å². The minimum atomic E-state index is -0.771. The molecule has 0 fully saturated rings. The molecule has 1 aromatic carbocycles. The SMILES string of the molecule is COc1cccc(CC(CCc2nccn2C)C(=O)O)c1. The van der Waals surface area contributed by atoms with Crippen LogP contribution in [0.1, 0.15) is 17.8 Å². The molecule has 1 aromatic heterocycles. The monoisotopic (exact) mass is 288 g/mol. The largest absolute Gasteiger partial charge is 0.497 e. The molecule has 2 rings (SSSR count). The second-order valence-corrected chi connectivity index (χ2v) is 5.08. The summed E-state index contributed by atoms with van der Waals surface area (Å²) in [5, 5.41) is 9.40. The standard InChI is InChI=1S/C16H20N2O3/c1-18-9-8-17-15(18)7-6-13(16(19)20)10-12-4-3-5-14(11-12)21-2/h3-5,8-9,11,13H,6-7,10H2,1-2H3,(H,19,20). The third-order valence-corrected chi connectivity index (χ3v) is 3.60. The van der Waals surface area contributed by atoms with Gasteiger partial charge in [0.1, 0.15) is 11.6 Å². The number of rotatable bonds is 7. The van der Waals surface area contributed by atoms with Gasteiger partial charge >= 0.3 is 5.97 Å². The summed E-state index contributed by atoms with van der Waals surface area (Å²) >= 11 is 0. The molecular weight excluding hydrogens is 268 g/mol. The molecule has 5 heteroatoms. The lowest BCUT2D eigenvalue weighted by atomic mass is 9.94. The third kappa shape index (κ3) is 4.08. The fourth-order valence-corrected chi connectivity index (χ4v) is 2.34. The summed E-state index contributed by atoms with van der Waals surface area (Å²) in [6, 6.07) is 7.55. The molecule has 1 unspecified atom stereocenters. The number of hydrogen-bond acceptors (Lipinski definition) is 3. The second kappa shape index (κ2) is 6.92. The number of aryl methyl sites for hydroxylation is 2. The van der Waals surface area contributed by atoms with Crippen LogP contribution in [0.4, 0.5) is 0 Å². The van der Waals surface area contributed by atoms with Gasteiger partial charge in [-0.15, -0.1) is 0 Å². The minimum Gasteiger partial charge on any atom is -0.497 e. The Hall–Kier alpha value is -2.30. The Labute approximate surface area is 124 Å². The first-order valence-electron chi connectivity index (χ1n) is 6.92. The molecule has 0 saturated carbocycles. The van der Waals surface area contributed by atoms with Crippen molar-refractivity contribution < 1.29 is 14.6 Å². The number of hydrogen-bond donors (Lipinski definition) is 1. The van der Waals surface area contributed by atoms with E-state index in [0.29, 0.717) is 19.3 Å². The molecule has 0 aliphatic rings. The van der Waals surface area contributed by atoms with Crippen molar-refractivity contribution in [3.8, 4) is 5.75 Å². The molecule has 0 spiro atoms. The van der Waals surface area contributed by atoms with Gasteiger partial charge in [0.15, 0.2) is 0 Å². The number of imidazole rings is 1. The van der Waals surface area contributed by atoms with Crippen molar-refractivity contribution in [2.45, 2.75) is 19.3 Å². The van der Waals surface area contributed by atoms with Crippen molar-refractivity contribution >= 4 is 5.97 Å². The van der Waals surface area contributed by atoms with Gasteiger partial charge in [0.05, 0.1) is 13.0 Å². The van der Waals surface area contributed by atoms with Crippen LogP contribution in [0.5, 0.6) is 5.75 Å². The van der Waals surface area contributed by atoms with Crippen LogP contribution >= 0.6 is 0 Å². The van der Waals surface area contributed by atoms with Gasteiger partial charge in [-0.3, -0.25) is 4.79 Å². The van der Waals surface area contributed by atoms with E-state index in [0.717, 1.165) is 17.1 Å². The zero-order valence-electron chi connectivity index (χ0n) is 12.3. The van der Waals surface area contributed by atoms with Gasteiger partial charge in [-0.1, -0.05) is 12.1 Å². The molecule has 0 saturated heterocycles. The number of carboxylic acids is 1. The number of ether oxygens (including phenoxy) is 1. The number of carboxylic acid groups (broad SMARTS) is 1. The predicted octanol–water partition coefficient (Wildman–Crippen LogP) is 2.30. The van der Waals surface area contributed by atoms with E-state index >= 15 is 0 Å². The van der Waals surface area contributed by atoms with Gasteiger partial charge < -0.3 is 14.4 Å². The summed E-state index contributed by atoms with van der Waals surface area (Å²) in [6.45, 7) is 0. The summed E-state index contributed by atoms with van der Waals surface area (Å²) < 4.78 is 7.09. The quantitative estimate of drug-likeness (QED) is 0.849. The topological polar surface area (TPSA) is 64.4 Å². The summed E-state index contributed by atoms with van der Waals surface area (Å²) in [5.74, 6) is 0.466. The molecule has 5 nitrogen and oxygen atoms in total. The van der Waals surface area contributed by atoms with E-state index in [2.05, 4.69) is 4.98 Å². The van der Waals surface area contributed by atoms with Crippen molar-refractivity contribution in [3.63, 3.8) is 0 Å². The molecule has 0 aliphatic carbocycles. The Morgan fingerprint density at radius 1 is 1.48 bits per heavy atom. The normalized spacial score (nSPS) is 12.1. The molecule has 21 heavy (non-hydrogen) atoms. The van der Waals surface area contributed by atoms with Gasteiger partial charge in [0.25, 0.3) is 0 Å². The van der Waals surface area contributed by atoms with Crippen LogP contribution in [0.2, 0.25) is 0 Å². The van der Waals surface area contributed by atoms with Crippen molar-refractivity contribution in [1.29, 1.82) is 0 Å². The summed E-state index contributed by atoms with van der Waals surface area (Å²) in [5.41, 5.74) is 0.974. The molecule has 0 bridgehead atoms. The highest BCUT2D eigenvalue weighted by Gasteiger charge is 2.19. The van der Waals surface area contributed by atoms with Crippen molar-refractivity contribution in [2.75, 3.05) is 7.11 Å². The first-order valence-corrected chi connectivity index (χ1v) is 6.92. The first kappa shape index (κ1) is 15.1. The molecular formula is C16H20N2O3. The minimum absolute atomic E-state index is 0.422. The van der Waals surface area contributed by atoms with Crippen LogP contribution < -0.4 is 4.74 Å². The Bertz CT molecular complexity index is 607. The molecule has 112 valence electrons. The van der Waals surface area contributed by atoms with Crippen LogP contribution in [-0.4, -0.2) is 27.7 Å². The third-order valence-electron chi connectivity index (χ3n) is 3.60. The highest BCUT2D eigenvalue weighted by Crippen LogP contribution is 2.19. The summed E-state index contributed by atoms with van der Waals surface area (Å²) in [7, 11) is 3.52. The number of carbonyl (C=O) groups is 1. The van der Waals surface area contributed by atoms with E-state index in [-0.39, 0.29) is 0 Å². The first-order chi connectivity index (χ1) is 10.1. The molecule has 1 atom stereocenters. The average molecular weight is 288 g/mol. The number of benzene rings is 1. The lowest BCUT2D eigenvalue weighted by molar-refractivity contribution is -0.141. The highest BCUT2D eigenvalue weighted by molar-refractivity contribution is 5.70. The van der Waals surface area contributed by atoms with Crippen molar-refractivity contribution in [3.05, 3.63) is 48.0 Å². The van der Waals surface area contributed by atoms with Crippen LogP contribution in [-0.2, 0) is 24.7 Å². The summed E-state index contributed by atoms with van der Waals surface area (Å²) in [6.07, 6.45) is 5.32. The maximum Gasteiger partial charge on any atom is 0.306 e. The number of methoxy groups -OCH3 is 1. The van der Waals surface area contributed by atoms with E-state index in [4.69, 9.17) is 4.74 Å². The van der Waals surface area contributed by atoms with Crippen molar-refractivity contribution in [1.82, 2.24) is 9.55 Å². The van der Waals surface area contributed by atoms with Crippen LogP contribution in [0.3, 0.4) is 0 Å². The van der Waals surface area contributed by atoms with E-state index in [9.17, 15) is 9.90 Å². The second-order valence-electron chi connectivity index (χ2n) is 5.08. The van der Waals surface area contributed by atoms with E-state index in [1.54, 1.807) is 13.3 Å². The van der Waals surface area contributed by atoms with Crippen LogP contribution in [0.15, 0.2) is 36.7 Å². The van der Waals surface area contributed by atoms with Crippen molar-refractivity contribution in [2.24, 2.45) is 13.0 Å². The molecule has 0 amide bonds. The van der Waals surface area contributed by atoms with Gasteiger partial charge in [0.2, 0.25) is 0 Å². The zero-order valence-corrected chi connectivity index (χ0v) is 12.3. The Morgan fingerprint density at radius 2 is 2.29 bits per heavy atom. The fraction of sp³-hybridized carbons (Fsp3) is 0.375. The van der Waals surface area contributed by atoms with Gasteiger partial charge in [-0.2, -0.15) is 0 Å². The maximum absolute atomic E-state index is 11.4. The lowest BCUT2D eigenvalue weighted by Crippen LogP contribution is -2.18. The van der Waals surface area contributed by atoms with Gasteiger partial charge in [-0.05, 0) is 30.5 Å². The number of aromatic nitrogens is 2. The van der Waals surface area contributed by atoms with Gasteiger partial charge in [-0.25, -0.2) is 4.98 Å². The van der Waals surface area contributed by atoms with E-state index in [1.165, 1.54) is 0 Å². The number of nitrogens with zero attached hydrogens (tertiary/aromatic N) is 2. The Morgan fingerprint density at radius 3 is 2.90 bits per heavy atom. The van der Waals surface area contributed by atoms with Crippen LogP contribution in [0.25, 0.3) is 0 Å². The molecule has 0 radical (unpaired) electrons. The zero-order chi connectivity index (χ0) is 15.2. The highest BCUT2D eigenvalue weighted by atomic mass is 16.5. The smallest absolute Gasteiger partial charge is 0.306 e. The van der Waals surface area contributed by atoms with Gasteiger partial charge in [0, 0.05) is 25.9 Å². The van der Waals surface area contributed by atoms with Crippen LogP contribution in [0, 0.1) is 5.92 Å². The maximum atomic E-state index is 11.4. The lowest BCUT2D eigenvalue weighted by Gasteiger charge is -2.13.